The van der Waals surface area contributed by atoms with Gasteiger partial charge in [0, 0.05) is 18.7 Å². The van der Waals surface area contributed by atoms with Crippen molar-refractivity contribution in [3.8, 4) is 0 Å². The zero-order valence-electron chi connectivity index (χ0n) is 9.47. The van der Waals surface area contributed by atoms with Crippen molar-refractivity contribution in [2.24, 2.45) is 0 Å². The van der Waals surface area contributed by atoms with E-state index in [1.165, 1.54) is 44.9 Å². The van der Waals surface area contributed by atoms with Crippen LogP contribution in [0.5, 0.6) is 0 Å². The van der Waals surface area contributed by atoms with Gasteiger partial charge in [-0.2, -0.15) is 0 Å². The maximum atomic E-state index is 8.83. The molecule has 1 atom stereocenters. The SMILES string of the molecule is C[C@H](CCO)NC1CCCCCCC1. The summed E-state index contributed by atoms with van der Waals surface area (Å²) in [5.74, 6) is 0. The zero-order valence-corrected chi connectivity index (χ0v) is 9.47. The van der Waals surface area contributed by atoms with Crippen LogP contribution in [0, 0.1) is 0 Å². The van der Waals surface area contributed by atoms with Gasteiger partial charge in [0.05, 0.1) is 0 Å². The van der Waals surface area contributed by atoms with Crippen LogP contribution >= 0.6 is 0 Å². The Balaban J connectivity index is 2.19. The molecule has 0 heterocycles. The Labute approximate surface area is 88.1 Å². The lowest BCUT2D eigenvalue weighted by molar-refractivity contribution is 0.256. The topological polar surface area (TPSA) is 32.3 Å². The molecule has 0 aromatic rings. The van der Waals surface area contributed by atoms with Crippen LogP contribution in [0.15, 0.2) is 0 Å². The van der Waals surface area contributed by atoms with Crippen LogP contribution in [0.1, 0.15) is 58.3 Å². The molecule has 1 aliphatic rings. The second kappa shape index (κ2) is 7.24. The Morgan fingerprint density at radius 3 is 2.29 bits per heavy atom. The van der Waals surface area contributed by atoms with E-state index in [-0.39, 0.29) is 0 Å². The number of rotatable bonds is 4. The fourth-order valence-corrected chi connectivity index (χ4v) is 2.30. The molecular weight excluding hydrogens is 174 g/mol. The molecule has 0 bridgehead atoms. The first-order valence-corrected chi connectivity index (χ1v) is 6.20. The third-order valence-electron chi connectivity index (χ3n) is 3.19. The van der Waals surface area contributed by atoms with Crippen LogP contribution in [0.25, 0.3) is 0 Å². The highest BCUT2D eigenvalue weighted by atomic mass is 16.3. The maximum absolute atomic E-state index is 8.83. The minimum absolute atomic E-state index is 0.306. The van der Waals surface area contributed by atoms with E-state index in [1.54, 1.807) is 0 Å². The molecule has 0 unspecified atom stereocenters. The molecule has 0 spiro atoms. The summed E-state index contributed by atoms with van der Waals surface area (Å²) in [5.41, 5.74) is 0. The summed E-state index contributed by atoms with van der Waals surface area (Å²) in [6.07, 6.45) is 10.5. The largest absolute Gasteiger partial charge is 0.396 e. The molecule has 2 heteroatoms. The van der Waals surface area contributed by atoms with E-state index >= 15 is 0 Å². The van der Waals surface area contributed by atoms with Crippen molar-refractivity contribution < 1.29 is 5.11 Å². The predicted octanol–water partition coefficient (Wildman–Crippen LogP) is 2.46. The van der Waals surface area contributed by atoms with Crippen LogP contribution in [-0.2, 0) is 0 Å². The van der Waals surface area contributed by atoms with Crippen molar-refractivity contribution in [2.45, 2.75) is 70.4 Å². The Kier molecular flexibility index (Phi) is 6.20. The van der Waals surface area contributed by atoms with Crippen LogP contribution in [0.2, 0.25) is 0 Å². The third kappa shape index (κ3) is 4.97. The molecule has 1 aliphatic carbocycles. The van der Waals surface area contributed by atoms with Gasteiger partial charge in [-0.25, -0.2) is 0 Å². The van der Waals surface area contributed by atoms with Crippen LogP contribution in [0.3, 0.4) is 0 Å². The summed E-state index contributed by atoms with van der Waals surface area (Å²) in [5, 5.41) is 12.5. The molecule has 0 amide bonds. The van der Waals surface area contributed by atoms with E-state index in [0.717, 1.165) is 6.42 Å². The predicted molar refractivity (Wildman–Crippen MR) is 60.4 cm³/mol. The van der Waals surface area contributed by atoms with E-state index in [0.29, 0.717) is 18.7 Å². The first-order chi connectivity index (χ1) is 6.83. The van der Waals surface area contributed by atoms with E-state index in [2.05, 4.69) is 12.2 Å². The summed E-state index contributed by atoms with van der Waals surface area (Å²) in [6.45, 7) is 2.48. The highest BCUT2D eigenvalue weighted by molar-refractivity contribution is 4.73. The standard InChI is InChI=1S/C12H25NO/c1-11(9-10-14)13-12-7-5-3-2-4-6-8-12/h11-14H,2-10H2,1H3/t11-/m1/s1. The van der Waals surface area contributed by atoms with Gasteiger partial charge in [-0.05, 0) is 26.2 Å². The highest BCUT2D eigenvalue weighted by Gasteiger charge is 2.12. The number of hydrogen-bond acceptors (Lipinski definition) is 2. The highest BCUT2D eigenvalue weighted by Crippen LogP contribution is 2.17. The van der Waals surface area contributed by atoms with Crippen molar-refractivity contribution in [2.75, 3.05) is 6.61 Å². The van der Waals surface area contributed by atoms with E-state index < -0.39 is 0 Å². The van der Waals surface area contributed by atoms with Crippen molar-refractivity contribution in [3.05, 3.63) is 0 Å². The Morgan fingerprint density at radius 1 is 1.14 bits per heavy atom. The van der Waals surface area contributed by atoms with Gasteiger partial charge in [-0.3, -0.25) is 0 Å². The van der Waals surface area contributed by atoms with Gasteiger partial charge in [-0.15, -0.1) is 0 Å². The molecule has 14 heavy (non-hydrogen) atoms. The molecule has 0 aromatic carbocycles. The molecule has 0 radical (unpaired) electrons. The van der Waals surface area contributed by atoms with Crippen LogP contribution in [-0.4, -0.2) is 23.8 Å². The Hall–Kier alpha value is -0.0800. The van der Waals surface area contributed by atoms with Gasteiger partial charge in [0.15, 0.2) is 0 Å². The molecule has 0 aromatic heterocycles. The quantitative estimate of drug-likeness (QED) is 0.729. The summed E-state index contributed by atoms with van der Waals surface area (Å²) in [6, 6.07) is 1.18. The summed E-state index contributed by atoms with van der Waals surface area (Å²) >= 11 is 0. The average molecular weight is 199 g/mol. The number of aliphatic hydroxyl groups is 1. The third-order valence-corrected chi connectivity index (χ3v) is 3.19. The molecule has 2 nitrogen and oxygen atoms in total. The van der Waals surface area contributed by atoms with Crippen molar-refractivity contribution in [1.29, 1.82) is 0 Å². The summed E-state index contributed by atoms with van der Waals surface area (Å²) in [4.78, 5) is 0. The number of aliphatic hydroxyl groups excluding tert-OH is 1. The summed E-state index contributed by atoms with van der Waals surface area (Å²) in [7, 11) is 0. The fraction of sp³-hybridized carbons (Fsp3) is 1.00. The first-order valence-electron chi connectivity index (χ1n) is 6.20. The molecule has 0 aliphatic heterocycles. The van der Waals surface area contributed by atoms with E-state index in [9.17, 15) is 0 Å². The molecular formula is C12H25NO. The van der Waals surface area contributed by atoms with E-state index in [1.807, 2.05) is 0 Å². The minimum Gasteiger partial charge on any atom is -0.396 e. The van der Waals surface area contributed by atoms with Crippen molar-refractivity contribution in [1.82, 2.24) is 5.32 Å². The van der Waals surface area contributed by atoms with Gasteiger partial charge in [0.2, 0.25) is 0 Å². The van der Waals surface area contributed by atoms with Gasteiger partial charge in [0.1, 0.15) is 0 Å². The van der Waals surface area contributed by atoms with Crippen molar-refractivity contribution >= 4 is 0 Å². The molecule has 1 saturated carbocycles. The molecule has 1 fully saturated rings. The van der Waals surface area contributed by atoms with Crippen LogP contribution in [0.4, 0.5) is 0 Å². The smallest absolute Gasteiger partial charge is 0.0445 e. The average Bonchev–Trinajstić information content (AvgIpc) is 2.10. The summed E-state index contributed by atoms with van der Waals surface area (Å²) < 4.78 is 0. The maximum Gasteiger partial charge on any atom is 0.0445 e. The van der Waals surface area contributed by atoms with Crippen LogP contribution < -0.4 is 5.32 Å². The van der Waals surface area contributed by atoms with Crippen molar-refractivity contribution in [3.63, 3.8) is 0 Å². The molecule has 2 N–H and O–H groups in total. The molecule has 84 valence electrons. The second-order valence-electron chi connectivity index (χ2n) is 4.62. The fourth-order valence-electron chi connectivity index (χ4n) is 2.30. The zero-order chi connectivity index (χ0) is 10.2. The van der Waals surface area contributed by atoms with Gasteiger partial charge in [0.25, 0.3) is 0 Å². The normalized spacial score (nSPS) is 22.7. The Morgan fingerprint density at radius 2 is 1.71 bits per heavy atom. The van der Waals surface area contributed by atoms with Gasteiger partial charge in [-0.1, -0.05) is 32.1 Å². The second-order valence-corrected chi connectivity index (χ2v) is 4.62. The van der Waals surface area contributed by atoms with Gasteiger partial charge >= 0.3 is 0 Å². The minimum atomic E-state index is 0.306. The number of hydrogen-bond donors (Lipinski definition) is 2. The first kappa shape index (κ1) is 12.0. The lowest BCUT2D eigenvalue weighted by atomic mass is 9.96. The van der Waals surface area contributed by atoms with E-state index in [4.69, 9.17) is 5.11 Å². The lowest BCUT2D eigenvalue weighted by Crippen LogP contribution is -2.37. The molecule has 0 saturated heterocycles. The lowest BCUT2D eigenvalue weighted by Gasteiger charge is -2.24. The van der Waals surface area contributed by atoms with Gasteiger partial charge < -0.3 is 10.4 Å². The monoisotopic (exact) mass is 199 g/mol. The Bertz CT molecular complexity index is 130. The molecule has 1 rings (SSSR count). The number of nitrogens with one attached hydrogen (secondary N) is 1.